The molecule has 0 saturated heterocycles. The van der Waals surface area contributed by atoms with Gasteiger partial charge in [0.25, 0.3) is 0 Å². The van der Waals surface area contributed by atoms with Crippen molar-refractivity contribution in [1.29, 1.82) is 0 Å². The Balaban J connectivity index is 2.28. The minimum absolute atomic E-state index is 0.966. The maximum absolute atomic E-state index is 3.35. The van der Waals surface area contributed by atoms with E-state index in [0.29, 0.717) is 0 Å². The maximum Gasteiger partial charge on any atom is 0.0305 e. The van der Waals surface area contributed by atoms with Crippen molar-refractivity contribution in [3.8, 4) is 0 Å². The van der Waals surface area contributed by atoms with E-state index in [1.807, 2.05) is 18.3 Å². The number of allylic oxidation sites excluding steroid dienone is 1. The predicted molar refractivity (Wildman–Crippen MR) is 55.6 cm³/mol. The molecule has 0 radical (unpaired) electrons. The minimum atomic E-state index is 0.966. The third-order valence-corrected chi connectivity index (χ3v) is 2.77. The van der Waals surface area contributed by atoms with E-state index in [2.05, 4.69) is 35.8 Å². The van der Waals surface area contributed by atoms with Crippen molar-refractivity contribution in [3.05, 3.63) is 34.0 Å². The first-order valence-electron chi connectivity index (χ1n) is 4.19. The molecule has 0 aliphatic carbocycles. The van der Waals surface area contributed by atoms with Gasteiger partial charge in [0.15, 0.2) is 0 Å². The van der Waals surface area contributed by atoms with Crippen LogP contribution in [-0.4, -0.2) is 6.54 Å². The highest BCUT2D eigenvalue weighted by Crippen LogP contribution is 2.14. The molecule has 0 atom stereocenters. The van der Waals surface area contributed by atoms with Crippen molar-refractivity contribution >= 4 is 11.3 Å². The van der Waals surface area contributed by atoms with Crippen molar-refractivity contribution in [2.45, 2.75) is 20.4 Å². The molecule has 1 aromatic rings. The lowest BCUT2D eigenvalue weighted by atomic mass is 10.3. The molecule has 0 bridgehead atoms. The van der Waals surface area contributed by atoms with Gasteiger partial charge >= 0.3 is 0 Å². The molecule has 66 valence electrons. The lowest BCUT2D eigenvalue weighted by Gasteiger charge is -1.99. The number of hydrogen-bond acceptors (Lipinski definition) is 2. The lowest BCUT2D eigenvalue weighted by Crippen LogP contribution is -2.12. The molecule has 1 nitrogen and oxygen atoms in total. The van der Waals surface area contributed by atoms with Gasteiger partial charge in [0.05, 0.1) is 0 Å². The van der Waals surface area contributed by atoms with E-state index in [9.17, 15) is 0 Å². The third kappa shape index (κ3) is 2.80. The van der Waals surface area contributed by atoms with Crippen LogP contribution in [0.25, 0.3) is 0 Å². The summed E-state index contributed by atoms with van der Waals surface area (Å²) in [5.41, 5.74) is 1.40. The molecule has 1 heterocycles. The van der Waals surface area contributed by atoms with Gasteiger partial charge in [0.1, 0.15) is 0 Å². The summed E-state index contributed by atoms with van der Waals surface area (Å²) >= 11 is 1.82. The molecule has 0 aliphatic heterocycles. The van der Waals surface area contributed by atoms with E-state index in [1.54, 1.807) is 0 Å². The molecule has 1 N–H and O–H groups in total. The Bertz CT molecular complexity index is 250. The molecule has 0 unspecified atom stereocenters. The molecule has 1 aromatic heterocycles. The van der Waals surface area contributed by atoms with Crippen LogP contribution in [0.5, 0.6) is 0 Å². The van der Waals surface area contributed by atoms with E-state index < -0.39 is 0 Å². The van der Waals surface area contributed by atoms with Crippen molar-refractivity contribution in [2.24, 2.45) is 0 Å². The summed E-state index contributed by atoms with van der Waals surface area (Å²) in [5, 5.41) is 5.49. The van der Waals surface area contributed by atoms with Crippen LogP contribution in [0.1, 0.15) is 17.4 Å². The van der Waals surface area contributed by atoms with Gasteiger partial charge in [-0.2, -0.15) is 0 Å². The fourth-order valence-corrected chi connectivity index (χ4v) is 1.85. The second kappa shape index (κ2) is 5.12. The van der Waals surface area contributed by atoms with Crippen molar-refractivity contribution in [3.63, 3.8) is 0 Å². The zero-order valence-corrected chi connectivity index (χ0v) is 8.45. The van der Waals surface area contributed by atoms with E-state index in [1.165, 1.54) is 10.4 Å². The summed E-state index contributed by atoms with van der Waals surface area (Å²) < 4.78 is 0. The monoisotopic (exact) mass is 181 g/mol. The first kappa shape index (κ1) is 9.49. The van der Waals surface area contributed by atoms with Crippen LogP contribution in [0.3, 0.4) is 0 Å². The van der Waals surface area contributed by atoms with E-state index >= 15 is 0 Å². The molecule has 0 fully saturated rings. The second-order valence-corrected chi connectivity index (χ2v) is 3.73. The zero-order chi connectivity index (χ0) is 8.81. The number of aryl methyl sites for hydroxylation is 1. The quantitative estimate of drug-likeness (QED) is 0.556. The number of thiophene rings is 1. The van der Waals surface area contributed by atoms with Crippen LogP contribution in [0.4, 0.5) is 0 Å². The predicted octanol–water partition coefficient (Wildman–Crippen LogP) is 2.72. The molecule has 1 rings (SSSR count). The Morgan fingerprint density at radius 1 is 1.58 bits per heavy atom. The SMILES string of the molecule is C/C=C/CNCc1sccc1C. The second-order valence-electron chi connectivity index (χ2n) is 2.73. The van der Waals surface area contributed by atoms with Gasteiger partial charge in [0.2, 0.25) is 0 Å². The number of hydrogen-bond donors (Lipinski definition) is 1. The van der Waals surface area contributed by atoms with Crippen molar-refractivity contribution in [2.75, 3.05) is 6.54 Å². The van der Waals surface area contributed by atoms with Gasteiger partial charge in [-0.05, 0) is 30.9 Å². The molecule has 0 aromatic carbocycles. The lowest BCUT2D eigenvalue weighted by molar-refractivity contribution is 0.766. The molecule has 12 heavy (non-hydrogen) atoms. The summed E-state index contributed by atoms with van der Waals surface area (Å²) in [5.74, 6) is 0. The molecular formula is C10H15NS. The highest BCUT2D eigenvalue weighted by atomic mass is 32.1. The van der Waals surface area contributed by atoms with Crippen LogP contribution in [0.2, 0.25) is 0 Å². The fourth-order valence-electron chi connectivity index (χ4n) is 0.972. The highest BCUT2D eigenvalue weighted by molar-refractivity contribution is 7.10. The summed E-state index contributed by atoms with van der Waals surface area (Å²) in [7, 11) is 0. The van der Waals surface area contributed by atoms with Crippen molar-refractivity contribution in [1.82, 2.24) is 5.32 Å². The maximum atomic E-state index is 3.35. The van der Waals surface area contributed by atoms with Gasteiger partial charge in [-0.3, -0.25) is 0 Å². The zero-order valence-electron chi connectivity index (χ0n) is 7.63. The Morgan fingerprint density at radius 3 is 3.00 bits per heavy atom. The minimum Gasteiger partial charge on any atom is -0.308 e. The van der Waals surface area contributed by atoms with Crippen LogP contribution in [0, 0.1) is 6.92 Å². The van der Waals surface area contributed by atoms with Gasteiger partial charge < -0.3 is 5.32 Å². The van der Waals surface area contributed by atoms with Gasteiger partial charge in [-0.1, -0.05) is 12.2 Å². The third-order valence-electron chi connectivity index (χ3n) is 1.75. The molecular weight excluding hydrogens is 166 g/mol. The molecule has 0 amide bonds. The Morgan fingerprint density at radius 2 is 2.42 bits per heavy atom. The Labute approximate surface area is 78.1 Å². The van der Waals surface area contributed by atoms with Gasteiger partial charge in [-0.15, -0.1) is 11.3 Å². The van der Waals surface area contributed by atoms with E-state index in [0.717, 1.165) is 13.1 Å². The van der Waals surface area contributed by atoms with Crippen LogP contribution in [0.15, 0.2) is 23.6 Å². The highest BCUT2D eigenvalue weighted by Gasteiger charge is 1.96. The van der Waals surface area contributed by atoms with Crippen LogP contribution < -0.4 is 5.32 Å². The molecule has 0 aliphatic rings. The Kier molecular flexibility index (Phi) is 4.05. The summed E-state index contributed by atoms with van der Waals surface area (Å²) in [6.07, 6.45) is 4.19. The summed E-state index contributed by atoms with van der Waals surface area (Å²) in [4.78, 5) is 1.44. The average Bonchev–Trinajstić information content (AvgIpc) is 2.46. The van der Waals surface area contributed by atoms with E-state index in [-0.39, 0.29) is 0 Å². The molecule has 0 saturated carbocycles. The molecule has 2 heteroatoms. The van der Waals surface area contributed by atoms with Crippen molar-refractivity contribution < 1.29 is 0 Å². The summed E-state index contributed by atoms with van der Waals surface area (Å²) in [6, 6.07) is 2.16. The van der Waals surface area contributed by atoms with Crippen LogP contribution >= 0.6 is 11.3 Å². The normalized spacial score (nSPS) is 11.2. The smallest absolute Gasteiger partial charge is 0.0305 e. The Hall–Kier alpha value is -0.600. The standard InChI is InChI=1S/C10H15NS/c1-3-4-6-11-8-10-9(2)5-7-12-10/h3-5,7,11H,6,8H2,1-2H3/b4-3+. The largest absolute Gasteiger partial charge is 0.308 e. The number of nitrogens with one attached hydrogen (secondary N) is 1. The number of rotatable bonds is 4. The first-order chi connectivity index (χ1) is 5.84. The van der Waals surface area contributed by atoms with Gasteiger partial charge in [0, 0.05) is 18.0 Å². The van der Waals surface area contributed by atoms with E-state index in [4.69, 9.17) is 0 Å². The average molecular weight is 181 g/mol. The van der Waals surface area contributed by atoms with Crippen LogP contribution in [-0.2, 0) is 6.54 Å². The first-order valence-corrected chi connectivity index (χ1v) is 5.07. The molecule has 0 spiro atoms. The van der Waals surface area contributed by atoms with Gasteiger partial charge in [-0.25, -0.2) is 0 Å². The fraction of sp³-hybridized carbons (Fsp3) is 0.400. The summed E-state index contributed by atoms with van der Waals surface area (Å²) in [6.45, 7) is 6.16. The topological polar surface area (TPSA) is 12.0 Å².